The van der Waals surface area contributed by atoms with Gasteiger partial charge in [-0.3, -0.25) is 4.79 Å². The van der Waals surface area contributed by atoms with E-state index in [4.69, 9.17) is 11.6 Å². The van der Waals surface area contributed by atoms with E-state index in [9.17, 15) is 4.79 Å². The lowest BCUT2D eigenvalue weighted by Gasteiger charge is -2.34. The van der Waals surface area contributed by atoms with Crippen LogP contribution < -0.4 is 0 Å². The molecular formula is C12H17ClN2OS. The Morgan fingerprint density at radius 2 is 2.24 bits per heavy atom. The third-order valence-corrected chi connectivity index (χ3v) is 4.83. The van der Waals surface area contributed by atoms with E-state index < -0.39 is 0 Å². The van der Waals surface area contributed by atoms with E-state index in [1.165, 1.54) is 17.8 Å². The summed E-state index contributed by atoms with van der Waals surface area (Å²) < 4.78 is 0. The molecule has 3 nitrogen and oxygen atoms in total. The van der Waals surface area contributed by atoms with Crippen molar-refractivity contribution in [2.75, 3.05) is 7.05 Å². The van der Waals surface area contributed by atoms with Crippen LogP contribution in [0.15, 0.2) is 5.51 Å². The van der Waals surface area contributed by atoms with Crippen LogP contribution in [0.4, 0.5) is 0 Å². The highest BCUT2D eigenvalue weighted by atomic mass is 35.5. The van der Waals surface area contributed by atoms with Crippen LogP contribution in [-0.2, 0) is 0 Å². The summed E-state index contributed by atoms with van der Waals surface area (Å²) >= 11 is 7.72. The summed E-state index contributed by atoms with van der Waals surface area (Å²) in [5, 5.41) is 0.0888. The Morgan fingerprint density at radius 3 is 2.82 bits per heavy atom. The Hall–Kier alpha value is -0.610. The van der Waals surface area contributed by atoms with Gasteiger partial charge >= 0.3 is 0 Å². The molecule has 1 aromatic rings. The smallest absolute Gasteiger partial charge is 0.265 e. The van der Waals surface area contributed by atoms with Gasteiger partial charge in [-0.1, -0.05) is 12.8 Å². The largest absolute Gasteiger partial charge is 0.336 e. The van der Waals surface area contributed by atoms with Crippen molar-refractivity contribution in [2.24, 2.45) is 0 Å². The average Bonchev–Trinajstić information content (AvgIpc) is 2.74. The number of hydrogen-bond acceptors (Lipinski definition) is 3. The van der Waals surface area contributed by atoms with Crippen molar-refractivity contribution in [3.8, 4) is 0 Å². The van der Waals surface area contributed by atoms with Crippen LogP contribution in [0.3, 0.4) is 0 Å². The fraction of sp³-hybridized carbons (Fsp3) is 0.667. The van der Waals surface area contributed by atoms with Crippen LogP contribution in [-0.4, -0.2) is 34.3 Å². The summed E-state index contributed by atoms with van der Waals surface area (Å²) in [5.74, 6) is 0.0579. The van der Waals surface area contributed by atoms with Gasteiger partial charge in [0.05, 0.1) is 16.6 Å². The minimum absolute atomic E-state index is 0.0579. The number of nitrogens with zero attached hydrogens (tertiary/aromatic N) is 2. The molecular weight excluding hydrogens is 256 g/mol. The average molecular weight is 273 g/mol. The van der Waals surface area contributed by atoms with Gasteiger partial charge in [-0.25, -0.2) is 4.98 Å². The van der Waals surface area contributed by atoms with Crippen LogP contribution in [0.5, 0.6) is 0 Å². The predicted octanol–water partition coefficient (Wildman–Crippen LogP) is 3.07. The van der Waals surface area contributed by atoms with E-state index in [0.717, 1.165) is 29.8 Å². The third-order valence-electron chi connectivity index (χ3n) is 3.40. The fourth-order valence-corrected chi connectivity index (χ4v) is 3.55. The number of hydrogen-bond donors (Lipinski definition) is 0. The van der Waals surface area contributed by atoms with Gasteiger partial charge in [0.1, 0.15) is 4.88 Å². The van der Waals surface area contributed by atoms with Gasteiger partial charge in [0.2, 0.25) is 0 Å². The van der Waals surface area contributed by atoms with Crippen molar-refractivity contribution in [3.63, 3.8) is 0 Å². The van der Waals surface area contributed by atoms with Crippen LogP contribution in [0, 0.1) is 6.92 Å². The molecule has 1 aliphatic carbocycles. The van der Waals surface area contributed by atoms with E-state index in [0.29, 0.717) is 0 Å². The molecule has 1 saturated carbocycles. The van der Waals surface area contributed by atoms with E-state index in [2.05, 4.69) is 4.98 Å². The molecule has 1 fully saturated rings. The molecule has 0 saturated heterocycles. The highest BCUT2D eigenvalue weighted by molar-refractivity contribution is 7.11. The lowest BCUT2D eigenvalue weighted by molar-refractivity contribution is 0.0704. The molecule has 1 aliphatic rings. The first kappa shape index (κ1) is 12.8. The zero-order chi connectivity index (χ0) is 12.4. The summed E-state index contributed by atoms with van der Waals surface area (Å²) in [7, 11) is 1.85. The Kier molecular flexibility index (Phi) is 4.05. The van der Waals surface area contributed by atoms with Crippen molar-refractivity contribution in [2.45, 2.75) is 44.0 Å². The number of aryl methyl sites for hydroxylation is 1. The van der Waals surface area contributed by atoms with Crippen molar-refractivity contribution in [1.29, 1.82) is 0 Å². The molecule has 17 heavy (non-hydrogen) atoms. The van der Waals surface area contributed by atoms with E-state index in [1.807, 2.05) is 14.0 Å². The maximum atomic E-state index is 12.3. The minimum atomic E-state index is 0.0579. The molecule has 1 heterocycles. The van der Waals surface area contributed by atoms with Gasteiger partial charge < -0.3 is 4.90 Å². The summed E-state index contributed by atoms with van der Waals surface area (Å²) in [6.07, 6.45) is 4.35. The second-order valence-corrected chi connectivity index (χ2v) is 5.97. The van der Waals surface area contributed by atoms with Gasteiger partial charge in [0.25, 0.3) is 5.91 Å². The fourth-order valence-electron chi connectivity index (χ4n) is 2.32. The molecule has 0 spiro atoms. The van der Waals surface area contributed by atoms with Gasteiger partial charge in [0, 0.05) is 13.1 Å². The second kappa shape index (κ2) is 5.36. The Bertz CT molecular complexity index is 407. The first-order valence-corrected chi connectivity index (χ1v) is 7.24. The minimum Gasteiger partial charge on any atom is -0.336 e. The molecule has 94 valence electrons. The summed E-state index contributed by atoms with van der Waals surface area (Å²) in [6.45, 7) is 1.87. The standard InChI is InChI=1S/C12H17ClN2OS/c1-8-11(17-7-14-8)12(16)15(2)10-6-4-3-5-9(10)13/h7,9-10H,3-6H2,1-2H3. The van der Waals surface area contributed by atoms with Crippen LogP contribution in [0.2, 0.25) is 0 Å². The van der Waals surface area contributed by atoms with Crippen LogP contribution in [0.25, 0.3) is 0 Å². The van der Waals surface area contributed by atoms with Crippen molar-refractivity contribution in [1.82, 2.24) is 9.88 Å². The zero-order valence-electron chi connectivity index (χ0n) is 10.1. The summed E-state index contributed by atoms with van der Waals surface area (Å²) in [4.78, 5) is 19.0. The quantitative estimate of drug-likeness (QED) is 0.775. The molecule has 1 amide bonds. The number of thiazole rings is 1. The monoisotopic (exact) mass is 272 g/mol. The zero-order valence-corrected chi connectivity index (χ0v) is 11.7. The molecule has 2 rings (SSSR count). The number of halogens is 1. The number of rotatable bonds is 2. The number of alkyl halides is 1. The summed E-state index contributed by atoms with van der Waals surface area (Å²) in [6, 6.07) is 0.166. The lowest BCUT2D eigenvalue weighted by Crippen LogP contribution is -2.44. The molecule has 2 atom stereocenters. The number of aromatic nitrogens is 1. The predicted molar refractivity (Wildman–Crippen MR) is 70.8 cm³/mol. The number of carbonyl (C=O) groups excluding carboxylic acids is 1. The lowest BCUT2D eigenvalue weighted by atomic mass is 9.94. The molecule has 0 radical (unpaired) electrons. The van der Waals surface area contributed by atoms with Crippen molar-refractivity contribution >= 4 is 28.8 Å². The topological polar surface area (TPSA) is 33.2 Å². The highest BCUT2D eigenvalue weighted by Gasteiger charge is 2.30. The first-order valence-electron chi connectivity index (χ1n) is 5.92. The second-order valence-electron chi connectivity index (χ2n) is 4.55. The first-order chi connectivity index (χ1) is 8.11. The molecule has 5 heteroatoms. The SMILES string of the molecule is Cc1ncsc1C(=O)N(C)C1CCCCC1Cl. The highest BCUT2D eigenvalue weighted by Crippen LogP contribution is 2.28. The van der Waals surface area contributed by atoms with Crippen molar-refractivity contribution < 1.29 is 4.79 Å². The maximum Gasteiger partial charge on any atom is 0.265 e. The Balaban J connectivity index is 2.11. The van der Waals surface area contributed by atoms with Crippen LogP contribution in [0.1, 0.15) is 41.0 Å². The van der Waals surface area contributed by atoms with Gasteiger partial charge in [-0.05, 0) is 19.8 Å². The summed E-state index contributed by atoms with van der Waals surface area (Å²) in [5.41, 5.74) is 2.53. The molecule has 0 aliphatic heterocycles. The Labute approximate surface area is 111 Å². The molecule has 0 aromatic carbocycles. The van der Waals surface area contributed by atoms with E-state index in [1.54, 1.807) is 10.4 Å². The van der Waals surface area contributed by atoms with Gasteiger partial charge in [0.15, 0.2) is 0 Å². The van der Waals surface area contributed by atoms with Gasteiger partial charge in [-0.15, -0.1) is 22.9 Å². The Morgan fingerprint density at radius 1 is 1.53 bits per heavy atom. The van der Waals surface area contributed by atoms with Crippen LogP contribution >= 0.6 is 22.9 Å². The number of carbonyl (C=O) groups is 1. The van der Waals surface area contributed by atoms with E-state index >= 15 is 0 Å². The third kappa shape index (κ3) is 2.63. The van der Waals surface area contributed by atoms with Crippen molar-refractivity contribution in [3.05, 3.63) is 16.1 Å². The molecule has 2 unspecified atom stereocenters. The molecule has 0 N–H and O–H groups in total. The van der Waals surface area contributed by atoms with E-state index in [-0.39, 0.29) is 17.3 Å². The van der Waals surface area contributed by atoms with Gasteiger partial charge in [-0.2, -0.15) is 0 Å². The molecule has 1 aromatic heterocycles. The normalized spacial score (nSPS) is 24.6. The molecule has 0 bridgehead atoms. The maximum absolute atomic E-state index is 12.3. The number of amides is 1.